The fourth-order valence-corrected chi connectivity index (χ4v) is 7.71. The largest absolute Gasteiger partial charge is 0.539 e. The van der Waals surface area contributed by atoms with E-state index in [1.807, 2.05) is 48.5 Å². The van der Waals surface area contributed by atoms with Gasteiger partial charge < -0.3 is 8.84 Å². The first kappa shape index (κ1) is 17.1. The number of aryl methyl sites for hydroxylation is 1. The lowest BCUT2D eigenvalue weighted by Crippen LogP contribution is -2.51. The monoisotopic (exact) mass is 482 g/mol. The summed E-state index contributed by atoms with van der Waals surface area (Å²) in [6, 6.07) is 19.6. The van der Waals surface area contributed by atoms with E-state index in [1.54, 1.807) is 26.8 Å². The van der Waals surface area contributed by atoms with E-state index < -0.39 is 27.0 Å². The van der Waals surface area contributed by atoms with Gasteiger partial charge in [-0.3, -0.25) is 4.98 Å². The number of hydrogen-bond donors (Lipinski definition) is 0. The zero-order valence-corrected chi connectivity index (χ0v) is 21.6. The van der Waals surface area contributed by atoms with Crippen LogP contribution in [0.1, 0.15) is 38.8 Å². The number of benzene rings is 3. The first-order chi connectivity index (χ1) is 18.6. The van der Waals surface area contributed by atoms with Crippen LogP contribution in [0.25, 0.3) is 44.3 Å². The number of fused-ring (bicyclic) bond motifs is 7. The fraction of sp³-hybridized carbons (Fsp3) is 0.258. The molecule has 0 spiro atoms. The zero-order chi connectivity index (χ0) is 28.8. The number of aromatic nitrogens is 1. The molecule has 0 unspecified atom stereocenters. The van der Waals surface area contributed by atoms with Gasteiger partial charge >= 0.3 is 0 Å². The normalized spacial score (nSPS) is 17.5. The number of rotatable bonds is 2. The van der Waals surface area contributed by atoms with Crippen LogP contribution in [0.4, 0.5) is 0 Å². The number of nitrogens with zero attached hydrogens (tertiary/aromatic N) is 1. The van der Waals surface area contributed by atoms with Crippen molar-refractivity contribution in [1.82, 2.24) is 4.98 Å². The molecule has 3 heterocycles. The maximum Gasteiger partial charge on any atom is 0.278 e. The van der Waals surface area contributed by atoms with Gasteiger partial charge in [0.25, 0.3) is 8.32 Å². The number of hydrogen-bond acceptors (Lipinski definition) is 3. The van der Waals surface area contributed by atoms with E-state index in [0.29, 0.717) is 5.69 Å². The predicted molar refractivity (Wildman–Crippen MR) is 148 cm³/mol. The molecule has 0 saturated heterocycles. The minimum absolute atomic E-state index is 0.0618. The van der Waals surface area contributed by atoms with E-state index in [9.17, 15) is 0 Å². The third-order valence-corrected chi connectivity index (χ3v) is 8.96. The van der Waals surface area contributed by atoms with Crippen LogP contribution in [0.2, 0.25) is 13.1 Å². The van der Waals surface area contributed by atoms with Gasteiger partial charge in [-0.25, -0.2) is 0 Å². The minimum atomic E-state index is -2.60. The molecule has 0 fully saturated rings. The second kappa shape index (κ2) is 7.56. The molecule has 0 amide bonds. The van der Waals surface area contributed by atoms with Crippen molar-refractivity contribution >= 4 is 35.4 Å². The SMILES string of the molecule is [2H]C([2H])([2H])c1cnc(-c2cccc3c2[Si](C)(C)Oc2c-3ccc3oc4ccccc4c23)cc1C([2H])([2H])C(C)(C)C. The molecule has 0 radical (unpaired) electrons. The van der Waals surface area contributed by atoms with E-state index in [4.69, 9.17) is 15.7 Å². The van der Waals surface area contributed by atoms with Gasteiger partial charge in [0.05, 0.1) is 11.1 Å². The standard InChI is InChI=1S/C31H31NO2Si/c1-19-18-32-25(16-20(19)17-31(2,3)4)23-12-9-11-22-21-14-15-27-28(24-10-7-8-13-26(24)33-27)29(21)34-35(5,6)30(22)23/h7-16,18H,17H2,1-6H3/i1D3,17D2. The molecule has 3 aromatic carbocycles. The average Bonchev–Trinajstić information content (AvgIpc) is 3.26. The van der Waals surface area contributed by atoms with E-state index in [1.165, 1.54) is 6.20 Å². The van der Waals surface area contributed by atoms with Crippen molar-refractivity contribution < 1.29 is 15.7 Å². The molecule has 0 aliphatic carbocycles. The van der Waals surface area contributed by atoms with Gasteiger partial charge in [-0.05, 0) is 77.9 Å². The van der Waals surface area contributed by atoms with Crippen molar-refractivity contribution in [2.24, 2.45) is 5.41 Å². The van der Waals surface area contributed by atoms with Gasteiger partial charge in [-0.2, -0.15) is 0 Å². The van der Waals surface area contributed by atoms with Crippen molar-refractivity contribution in [3.8, 4) is 28.1 Å². The summed E-state index contributed by atoms with van der Waals surface area (Å²) in [5.41, 5.74) is 4.22. The summed E-state index contributed by atoms with van der Waals surface area (Å²) in [6.45, 7) is 7.13. The molecule has 0 saturated carbocycles. The van der Waals surface area contributed by atoms with Crippen molar-refractivity contribution in [2.45, 2.75) is 47.1 Å². The first-order valence-corrected chi connectivity index (χ1v) is 14.8. The summed E-state index contributed by atoms with van der Waals surface area (Å²) in [7, 11) is -2.60. The molecule has 5 aromatic rings. The summed E-state index contributed by atoms with van der Waals surface area (Å²) >= 11 is 0. The summed E-state index contributed by atoms with van der Waals surface area (Å²) in [5.74, 6) is 0.819. The Hall–Kier alpha value is -3.37. The molecule has 6 rings (SSSR count). The molecular weight excluding hydrogens is 446 g/mol. The van der Waals surface area contributed by atoms with Crippen LogP contribution in [-0.2, 0) is 6.37 Å². The lowest BCUT2D eigenvalue weighted by Gasteiger charge is -2.35. The van der Waals surface area contributed by atoms with Crippen LogP contribution in [0.15, 0.2) is 71.3 Å². The highest BCUT2D eigenvalue weighted by atomic mass is 28.4. The van der Waals surface area contributed by atoms with E-state index in [-0.39, 0.29) is 11.1 Å². The molecule has 1 aliphatic heterocycles. The van der Waals surface area contributed by atoms with Crippen molar-refractivity contribution in [1.29, 1.82) is 0 Å². The Morgan fingerprint density at radius 1 is 0.943 bits per heavy atom. The minimum Gasteiger partial charge on any atom is -0.539 e. The predicted octanol–water partition coefficient (Wildman–Crippen LogP) is 8.02. The van der Waals surface area contributed by atoms with Gasteiger partial charge in [0, 0.05) is 29.6 Å². The highest BCUT2D eigenvalue weighted by Gasteiger charge is 2.39. The topological polar surface area (TPSA) is 35.3 Å². The van der Waals surface area contributed by atoms with E-state index in [0.717, 1.165) is 49.6 Å². The summed E-state index contributed by atoms with van der Waals surface area (Å²) in [6.07, 6.45) is -0.582. The Kier molecular flexibility index (Phi) is 3.70. The molecule has 0 N–H and O–H groups in total. The Morgan fingerprint density at radius 2 is 1.74 bits per heavy atom. The smallest absolute Gasteiger partial charge is 0.278 e. The van der Waals surface area contributed by atoms with Crippen molar-refractivity contribution in [3.05, 3.63) is 78.0 Å². The molecule has 0 bridgehead atoms. The van der Waals surface area contributed by atoms with Gasteiger partial charge in [-0.1, -0.05) is 57.2 Å². The summed E-state index contributed by atoms with van der Waals surface area (Å²) in [4.78, 5) is 4.61. The zero-order valence-electron chi connectivity index (χ0n) is 25.6. The Balaban J connectivity index is 1.62. The molecular formula is C31H31NO2Si. The highest BCUT2D eigenvalue weighted by molar-refractivity contribution is 6.87. The second-order valence-electron chi connectivity index (χ2n) is 10.7. The van der Waals surface area contributed by atoms with E-state index >= 15 is 0 Å². The van der Waals surface area contributed by atoms with Gasteiger partial charge in [0.1, 0.15) is 16.9 Å². The van der Waals surface area contributed by atoms with Crippen LogP contribution >= 0.6 is 0 Å². The molecule has 176 valence electrons. The third kappa shape index (κ3) is 3.59. The molecule has 35 heavy (non-hydrogen) atoms. The Morgan fingerprint density at radius 3 is 2.54 bits per heavy atom. The summed E-state index contributed by atoms with van der Waals surface area (Å²) in [5, 5.41) is 3.02. The van der Waals surface area contributed by atoms with Crippen molar-refractivity contribution in [2.75, 3.05) is 0 Å². The van der Waals surface area contributed by atoms with Crippen molar-refractivity contribution in [3.63, 3.8) is 0 Å². The quantitative estimate of drug-likeness (QED) is 0.239. The van der Waals surface area contributed by atoms with Gasteiger partial charge in [-0.15, -0.1) is 0 Å². The average molecular weight is 483 g/mol. The number of furan rings is 1. The molecule has 3 nitrogen and oxygen atoms in total. The number of pyridine rings is 1. The molecule has 1 aliphatic rings. The maximum atomic E-state index is 8.95. The molecule has 2 aromatic heterocycles. The summed E-state index contributed by atoms with van der Waals surface area (Å²) < 4.78 is 55.2. The van der Waals surface area contributed by atoms with Crippen LogP contribution < -0.4 is 9.61 Å². The highest BCUT2D eigenvalue weighted by Crippen LogP contribution is 2.46. The second-order valence-corrected chi connectivity index (χ2v) is 14.5. The fourth-order valence-electron chi connectivity index (χ4n) is 5.16. The van der Waals surface area contributed by atoms with E-state index in [2.05, 4.69) is 24.1 Å². The molecule has 0 atom stereocenters. The van der Waals surface area contributed by atoms with Gasteiger partial charge in [0.15, 0.2) is 0 Å². The first-order valence-electron chi connectivity index (χ1n) is 14.4. The number of para-hydroxylation sites is 1. The maximum absolute atomic E-state index is 8.95. The Bertz CT molecular complexity index is 1820. The van der Waals surface area contributed by atoms with Crippen LogP contribution in [0.3, 0.4) is 0 Å². The van der Waals surface area contributed by atoms with Gasteiger partial charge in [0.2, 0.25) is 0 Å². The lowest BCUT2D eigenvalue weighted by molar-refractivity contribution is 0.410. The Labute approximate surface area is 214 Å². The third-order valence-electron chi connectivity index (χ3n) is 6.50. The van der Waals surface area contributed by atoms with Crippen LogP contribution in [-0.4, -0.2) is 13.3 Å². The van der Waals surface area contributed by atoms with Crippen LogP contribution in [0.5, 0.6) is 5.75 Å². The molecule has 4 heteroatoms. The van der Waals surface area contributed by atoms with Crippen LogP contribution in [0, 0.1) is 12.3 Å². The lowest BCUT2D eigenvalue weighted by atomic mass is 9.86.